The number of carboxylic acid groups (broad SMARTS) is 1. The fourth-order valence-corrected chi connectivity index (χ4v) is 1.81. The van der Waals surface area contributed by atoms with E-state index in [-0.39, 0.29) is 5.56 Å². The van der Waals surface area contributed by atoms with E-state index in [9.17, 15) is 4.79 Å². The molecule has 2 rings (SSSR count). The summed E-state index contributed by atoms with van der Waals surface area (Å²) in [5.74, 6) is -1.04. The Hall–Kier alpha value is -2.18. The Morgan fingerprint density at radius 3 is 2.45 bits per heavy atom. The molecule has 0 radical (unpaired) electrons. The number of hydrogen-bond acceptors (Lipinski definition) is 3. The van der Waals surface area contributed by atoms with Crippen molar-refractivity contribution in [2.75, 3.05) is 10.6 Å². The number of nitrogens with one attached hydrogen (secondary N) is 2. The molecule has 0 atom stereocenters. The monoisotopic (exact) mass is 307 g/mol. The van der Waals surface area contributed by atoms with E-state index in [1.165, 1.54) is 18.5 Å². The van der Waals surface area contributed by atoms with Gasteiger partial charge in [0.2, 0.25) is 0 Å². The maximum absolute atomic E-state index is 10.8. The van der Waals surface area contributed by atoms with E-state index in [0.717, 1.165) is 5.69 Å². The van der Waals surface area contributed by atoms with Crippen LogP contribution in [0.3, 0.4) is 0 Å². The van der Waals surface area contributed by atoms with Crippen LogP contribution in [0.4, 0.5) is 11.4 Å². The Balaban J connectivity index is 2.02. The lowest BCUT2D eigenvalue weighted by molar-refractivity contribution is 0.0696. The number of rotatable bonds is 3. The summed E-state index contributed by atoms with van der Waals surface area (Å²) < 4.78 is 0. The van der Waals surface area contributed by atoms with Crippen LogP contribution in [0.15, 0.2) is 42.7 Å². The quantitative estimate of drug-likeness (QED) is 0.756. The van der Waals surface area contributed by atoms with Crippen LogP contribution in [0.5, 0.6) is 0 Å². The lowest BCUT2D eigenvalue weighted by Crippen LogP contribution is -2.19. The molecule has 0 spiro atoms. The molecular formula is C13H10ClN3O2S. The van der Waals surface area contributed by atoms with Gasteiger partial charge in [-0.15, -0.1) is 0 Å². The molecule has 0 bridgehead atoms. The van der Waals surface area contributed by atoms with Crippen molar-refractivity contribution in [2.24, 2.45) is 0 Å². The van der Waals surface area contributed by atoms with Crippen molar-refractivity contribution < 1.29 is 9.90 Å². The third kappa shape index (κ3) is 3.91. The fraction of sp³-hybridized carbons (Fsp3) is 0. The van der Waals surface area contributed by atoms with Gasteiger partial charge in [-0.2, -0.15) is 0 Å². The van der Waals surface area contributed by atoms with Gasteiger partial charge in [0.05, 0.1) is 17.4 Å². The van der Waals surface area contributed by atoms with E-state index < -0.39 is 5.97 Å². The van der Waals surface area contributed by atoms with Crippen LogP contribution < -0.4 is 10.6 Å². The van der Waals surface area contributed by atoms with Crippen LogP contribution in [0.2, 0.25) is 5.02 Å². The largest absolute Gasteiger partial charge is 0.478 e. The summed E-state index contributed by atoms with van der Waals surface area (Å²) in [5.41, 5.74) is 1.36. The minimum atomic E-state index is -1.04. The normalized spacial score (nSPS) is 9.85. The molecule has 3 N–H and O–H groups in total. The van der Waals surface area contributed by atoms with Gasteiger partial charge in [0.25, 0.3) is 0 Å². The first-order chi connectivity index (χ1) is 9.54. The Morgan fingerprint density at radius 2 is 1.80 bits per heavy atom. The van der Waals surface area contributed by atoms with E-state index in [1.54, 1.807) is 24.3 Å². The van der Waals surface area contributed by atoms with Gasteiger partial charge in [0.15, 0.2) is 5.11 Å². The highest BCUT2D eigenvalue weighted by Crippen LogP contribution is 2.14. The molecule has 0 saturated heterocycles. The highest BCUT2D eigenvalue weighted by atomic mass is 35.5. The number of thiocarbonyl (C=S) groups is 1. The molecule has 20 heavy (non-hydrogen) atoms. The number of nitrogens with zero attached hydrogens (tertiary/aromatic N) is 1. The van der Waals surface area contributed by atoms with Gasteiger partial charge in [-0.05, 0) is 42.5 Å². The summed E-state index contributed by atoms with van der Waals surface area (Å²) in [6, 6.07) is 8.48. The smallest absolute Gasteiger partial charge is 0.337 e. The molecule has 0 fully saturated rings. The number of carbonyl (C=O) groups is 1. The lowest BCUT2D eigenvalue weighted by Gasteiger charge is -2.10. The molecule has 0 saturated carbocycles. The number of hydrogen-bond donors (Lipinski definition) is 3. The number of aromatic nitrogens is 1. The third-order valence-electron chi connectivity index (χ3n) is 2.35. The SMILES string of the molecule is O=C(O)c1cncc(NC(=S)Nc2ccc(Cl)cc2)c1. The van der Waals surface area contributed by atoms with Gasteiger partial charge >= 0.3 is 5.97 Å². The molecule has 1 heterocycles. The van der Waals surface area contributed by atoms with E-state index >= 15 is 0 Å². The summed E-state index contributed by atoms with van der Waals surface area (Å²) in [5, 5.41) is 15.7. The molecule has 5 nitrogen and oxygen atoms in total. The van der Waals surface area contributed by atoms with Gasteiger partial charge in [-0.1, -0.05) is 11.6 Å². The first kappa shape index (κ1) is 14.2. The number of pyridine rings is 1. The van der Waals surface area contributed by atoms with Crippen molar-refractivity contribution in [3.63, 3.8) is 0 Å². The predicted molar refractivity (Wildman–Crippen MR) is 82.5 cm³/mol. The van der Waals surface area contributed by atoms with Crippen molar-refractivity contribution >= 4 is 46.3 Å². The predicted octanol–water partition coefficient (Wildman–Crippen LogP) is 3.24. The summed E-state index contributed by atoms with van der Waals surface area (Å²) in [6.07, 6.45) is 2.76. The fourth-order valence-electron chi connectivity index (χ4n) is 1.45. The van der Waals surface area contributed by atoms with Crippen molar-refractivity contribution in [3.8, 4) is 0 Å². The molecule has 2 aromatic rings. The van der Waals surface area contributed by atoms with Crippen LogP contribution in [0, 0.1) is 0 Å². The second-order valence-corrected chi connectivity index (χ2v) is 4.70. The number of aromatic carboxylic acids is 1. The molecule has 0 unspecified atom stereocenters. The summed E-state index contributed by atoms with van der Waals surface area (Å²) >= 11 is 10.9. The average molecular weight is 308 g/mol. The van der Waals surface area contributed by atoms with Crippen LogP contribution in [-0.2, 0) is 0 Å². The molecule has 7 heteroatoms. The molecule has 1 aromatic heterocycles. The minimum absolute atomic E-state index is 0.0873. The maximum atomic E-state index is 10.8. The zero-order valence-corrected chi connectivity index (χ0v) is 11.7. The van der Waals surface area contributed by atoms with Crippen molar-refractivity contribution in [2.45, 2.75) is 0 Å². The molecular weight excluding hydrogens is 298 g/mol. The first-order valence-electron chi connectivity index (χ1n) is 5.56. The van der Waals surface area contributed by atoms with Crippen LogP contribution >= 0.6 is 23.8 Å². The van der Waals surface area contributed by atoms with Gasteiger partial charge < -0.3 is 15.7 Å². The van der Waals surface area contributed by atoms with Gasteiger partial charge in [0.1, 0.15) is 0 Å². The van der Waals surface area contributed by atoms with E-state index in [4.69, 9.17) is 28.9 Å². The Bertz CT molecular complexity index is 646. The van der Waals surface area contributed by atoms with Crippen molar-refractivity contribution in [3.05, 3.63) is 53.3 Å². The zero-order valence-electron chi connectivity index (χ0n) is 10.1. The first-order valence-corrected chi connectivity index (χ1v) is 6.35. The van der Waals surface area contributed by atoms with E-state index in [0.29, 0.717) is 15.8 Å². The van der Waals surface area contributed by atoms with E-state index in [1.807, 2.05) is 0 Å². The molecule has 1 aromatic carbocycles. The summed E-state index contributed by atoms with van der Waals surface area (Å²) in [4.78, 5) is 14.7. The van der Waals surface area contributed by atoms with Crippen molar-refractivity contribution in [1.82, 2.24) is 4.98 Å². The van der Waals surface area contributed by atoms with Gasteiger partial charge in [0, 0.05) is 16.9 Å². The number of benzene rings is 1. The molecule has 0 amide bonds. The highest BCUT2D eigenvalue weighted by molar-refractivity contribution is 7.80. The number of halogens is 1. The second kappa shape index (κ2) is 6.31. The number of carboxylic acids is 1. The topological polar surface area (TPSA) is 74.2 Å². The van der Waals surface area contributed by atoms with Gasteiger partial charge in [-0.3, -0.25) is 4.98 Å². The van der Waals surface area contributed by atoms with Crippen LogP contribution in [0.1, 0.15) is 10.4 Å². The minimum Gasteiger partial charge on any atom is -0.478 e. The maximum Gasteiger partial charge on any atom is 0.337 e. The summed E-state index contributed by atoms with van der Waals surface area (Å²) in [7, 11) is 0. The Labute approximate surface area is 125 Å². The average Bonchev–Trinajstić information content (AvgIpc) is 2.41. The van der Waals surface area contributed by atoms with Gasteiger partial charge in [-0.25, -0.2) is 4.79 Å². The zero-order chi connectivity index (χ0) is 14.5. The molecule has 0 aliphatic heterocycles. The van der Waals surface area contributed by atoms with Crippen LogP contribution in [0.25, 0.3) is 0 Å². The summed E-state index contributed by atoms with van der Waals surface area (Å²) in [6.45, 7) is 0. The molecule has 0 aliphatic carbocycles. The van der Waals surface area contributed by atoms with Crippen LogP contribution in [-0.4, -0.2) is 21.2 Å². The lowest BCUT2D eigenvalue weighted by atomic mass is 10.2. The van der Waals surface area contributed by atoms with Crippen molar-refractivity contribution in [1.29, 1.82) is 0 Å². The third-order valence-corrected chi connectivity index (χ3v) is 2.80. The molecule has 102 valence electrons. The Morgan fingerprint density at radius 1 is 1.15 bits per heavy atom. The number of anilines is 2. The van der Waals surface area contributed by atoms with E-state index in [2.05, 4.69) is 15.6 Å². The Kier molecular flexibility index (Phi) is 4.49. The standard InChI is InChI=1S/C13H10ClN3O2S/c14-9-1-3-10(4-2-9)16-13(20)17-11-5-8(12(18)19)6-15-7-11/h1-7H,(H,18,19)(H2,16,17,20). The molecule has 0 aliphatic rings. The highest BCUT2D eigenvalue weighted by Gasteiger charge is 2.05. The second-order valence-electron chi connectivity index (χ2n) is 3.85.